The summed E-state index contributed by atoms with van der Waals surface area (Å²) in [7, 11) is 1.47. The molecular weight excluding hydrogens is 297 g/mol. The highest BCUT2D eigenvalue weighted by molar-refractivity contribution is 9.10. The largest absolute Gasteiger partial charge is 0.468 e. The SMILES string of the molecule is CN(C(=O)O)C1Cc2cc(Br)cc(Cl)c2O1. The third-order valence-corrected chi connectivity index (χ3v) is 3.21. The minimum atomic E-state index is -1.02. The Labute approximate surface area is 106 Å². The van der Waals surface area contributed by atoms with Gasteiger partial charge in [0.05, 0.1) is 5.02 Å². The number of likely N-dealkylation sites (N-methyl/N-ethyl adjacent to an activating group) is 1. The van der Waals surface area contributed by atoms with Crippen molar-refractivity contribution in [1.29, 1.82) is 0 Å². The van der Waals surface area contributed by atoms with E-state index in [0.29, 0.717) is 17.2 Å². The zero-order valence-electron chi connectivity index (χ0n) is 8.41. The average molecular weight is 307 g/mol. The van der Waals surface area contributed by atoms with Crippen molar-refractivity contribution in [3.05, 3.63) is 27.2 Å². The van der Waals surface area contributed by atoms with E-state index in [1.807, 2.05) is 6.07 Å². The molecule has 1 N–H and O–H groups in total. The Morgan fingerprint density at radius 2 is 2.38 bits per heavy atom. The summed E-state index contributed by atoms with van der Waals surface area (Å²) in [5, 5.41) is 9.34. The molecule has 86 valence electrons. The molecule has 0 aromatic heterocycles. The third kappa shape index (κ3) is 1.97. The molecule has 1 aromatic carbocycles. The Morgan fingerprint density at radius 3 is 3.00 bits per heavy atom. The van der Waals surface area contributed by atoms with Crippen molar-refractivity contribution < 1.29 is 14.6 Å². The predicted molar refractivity (Wildman–Crippen MR) is 63.1 cm³/mol. The highest BCUT2D eigenvalue weighted by Crippen LogP contribution is 2.38. The van der Waals surface area contributed by atoms with Gasteiger partial charge in [-0.25, -0.2) is 4.79 Å². The summed E-state index contributed by atoms with van der Waals surface area (Å²) in [6, 6.07) is 3.61. The van der Waals surface area contributed by atoms with E-state index in [1.54, 1.807) is 6.07 Å². The van der Waals surface area contributed by atoms with E-state index in [2.05, 4.69) is 15.9 Å². The fraction of sp³-hybridized carbons (Fsp3) is 0.300. The van der Waals surface area contributed by atoms with Crippen LogP contribution in [0.25, 0.3) is 0 Å². The number of nitrogens with zero attached hydrogens (tertiary/aromatic N) is 1. The summed E-state index contributed by atoms with van der Waals surface area (Å²) in [5.41, 5.74) is 0.914. The summed E-state index contributed by atoms with van der Waals surface area (Å²) in [6.07, 6.45) is -1.01. The fourth-order valence-electron chi connectivity index (χ4n) is 1.60. The molecule has 1 aliphatic heterocycles. The van der Waals surface area contributed by atoms with Crippen LogP contribution in [0.15, 0.2) is 16.6 Å². The number of amides is 1. The first-order valence-electron chi connectivity index (χ1n) is 4.59. The second kappa shape index (κ2) is 4.14. The van der Waals surface area contributed by atoms with Gasteiger partial charge in [0.15, 0.2) is 6.23 Å². The summed E-state index contributed by atoms with van der Waals surface area (Å²) in [6.45, 7) is 0. The standard InChI is InChI=1S/C10H9BrClNO3/c1-13(10(14)15)8-3-5-2-6(11)4-7(12)9(5)16-8/h2,4,8H,3H2,1H3,(H,14,15). The van der Waals surface area contributed by atoms with Gasteiger partial charge in [0.2, 0.25) is 0 Å². The first-order chi connectivity index (χ1) is 7.49. The molecule has 1 amide bonds. The Bertz CT molecular complexity index is 452. The second-order valence-corrected chi connectivity index (χ2v) is 4.87. The molecule has 16 heavy (non-hydrogen) atoms. The van der Waals surface area contributed by atoms with Crippen molar-refractivity contribution in [3.8, 4) is 5.75 Å². The molecule has 1 atom stereocenters. The molecule has 1 aromatic rings. The van der Waals surface area contributed by atoms with E-state index in [0.717, 1.165) is 14.9 Å². The van der Waals surface area contributed by atoms with Gasteiger partial charge in [-0.05, 0) is 12.1 Å². The van der Waals surface area contributed by atoms with Crippen LogP contribution >= 0.6 is 27.5 Å². The lowest BCUT2D eigenvalue weighted by molar-refractivity contribution is 0.0608. The molecular formula is C10H9BrClNO3. The van der Waals surface area contributed by atoms with Gasteiger partial charge in [-0.2, -0.15) is 0 Å². The minimum Gasteiger partial charge on any atom is -0.468 e. The molecule has 6 heteroatoms. The van der Waals surface area contributed by atoms with Crippen molar-refractivity contribution in [3.63, 3.8) is 0 Å². The van der Waals surface area contributed by atoms with E-state index in [4.69, 9.17) is 21.4 Å². The molecule has 1 heterocycles. The molecule has 0 fully saturated rings. The maximum absolute atomic E-state index is 10.8. The second-order valence-electron chi connectivity index (χ2n) is 3.55. The zero-order valence-corrected chi connectivity index (χ0v) is 10.7. The van der Waals surface area contributed by atoms with Crippen LogP contribution in [-0.4, -0.2) is 29.4 Å². The molecule has 1 aliphatic rings. The zero-order chi connectivity index (χ0) is 11.9. The van der Waals surface area contributed by atoms with Crippen LogP contribution in [0.5, 0.6) is 5.75 Å². The van der Waals surface area contributed by atoms with Crippen molar-refractivity contribution in [2.75, 3.05) is 7.05 Å². The number of fused-ring (bicyclic) bond motifs is 1. The van der Waals surface area contributed by atoms with Gasteiger partial charge < -0.3 is 9.84 Å². The summed E-state index contributed by atoms with van der Waals surface area (Å²) in [4.78, 5) is 11.9. The lowest BCUT2D eigenvalue weighted by Gasteiger charge is -2.20. The normalized spacial score (nSPS) is 17.8. The van der Waals surface area contributed by atoms with Crippen molar-refractivity contribution in [2.45, 2.75) is 12.6 Å². The lowest BCUT2D eigenvalue weighted by Crippen LogP contribution is -2.38. The molecule has 0 radical (unpaired) electrons. The van der Waals surface area contributed by atoms with Crippen molar-refractivity contribution in [2.24, 2.45) is 0 Å². The molecule has 1 unspecified atom stereocenters. The quantitative estimate of drug-likeness (QED) is 0.868. The van der Waals surface area contributed by atoms with Gasteiger partial charge in [-0.1, -0.05) is 27.5 Å². The highest BCUT2D eigenvalue weighted by Gasteiger charge is 2.30. The van der Waals surface area contributed by atoms with Crippen LogP contribution in [0.4, 0.5) is 4.79 Å². The topological polar surface area (TPSA) is 49.8 Å². The van der Waals surface area contributed by atoms with Crippen LogP contribution in [-0.2, 0) is 6.42 Å². The molecule has 0 saturated carbocycles. The van der Waals surface area contributed by atoms with E-state index in [-0.39, 0.29) is 0 Å². The Hall–Kier alpha value is -0.940. The summed E-state index contributed by atoms with van der Waals surface area (Å²) in [5.74, 6) is 0.572. The number of carbonyl (C=O) groups is 1. The maximum atomic E-state index is 10.8. The molecule has 2 rings (SSSR count). The first-order valence-corrected chi connectivity index (χ1v) is 5.76. The first kappa shape index (κ1) is 11.5. The predicted octanol–water partition coefficient (Wildman–Crippen LogP) is 2.97. The van der Waals surface area contributed by atoms with Gasteiger partial charge in [0, 0.05) is 23.5 Å². The highest BCUT2D eigenvalue weighted by atomic mass is 79.9. The van der Waals surface area contributed by atoms with Crippen LogP contribution in [0, 0.1) is 0 Å². The lowest BCUT2D eigenvalue weighted by atomic mass is 10.1. The van der Waals surface area contributed by atoms with E-state index in [9.17, 15) is 4.79 Å². The summed E-state index contributed by atoms with van der Waals surface area (Å²) >= 11 is 9.34. The smallest absolute Gasteiger partial charge is 0.409 e. The van der Waals surface area contributed by atoms with Crippen molar-refractivity contribution in [1.82, 2.24) is 4.90 Å². The van der Waals surface area contributed by atoms with Gasteiger partial charge in [-0.3, -0.25) is 4.90 Å². The molecule has 0 saturated heterocycles. The van der Waals surface area contributed by atoms with E-state index < -0.39 is 12.3 Å². The van der Waals surface area contributed by atoms with E-state index in [1.165, 1.54) is 7.05 Å². The molecule has 0 aliphatic carbocycles. The van der Waals surface area contributed by atoms with Crippen molar-refractivity contribution >= 4 is 33.6 Å². The van der Waals surface area contributed by atoms with Crippen LogP contribution in [0.1, 0.15) is 5.56 Å². The van der Waals surface area contributed by atoms with Gasteiger partial charge >= 0.3 is 6.09 Å². The fourth-order valence-corrected chi connectivity index (χ4v) is 2.52. The number of hydrogen-bond donors (Lipinski definition) is 1. The number of benzene rings is 1. The summed E-state index contributed by atoms with van der Waals surface area (Å²) < 4.78 is 6.37. The number of ether oxygens (including phenoxy) is 1. The maximum Gasteiger partial charge on any atom is 0.409 e. The van der Waals surface area contributed by atoms with Crippen LogP contribution in [0.2, 0.25) is 5.02 Å². The average Bonchev–Trinajstić information content (AvgIpc) is 2.60. The van der Waals surface area contributed by atoms with Crippen LogP contribution in [0.3, 0.4) is 0 Å². The molecule has 4 nitrogen and oxygen atoms in total. The third-order valence-electron chi connectivity index (χ3n) is 2.47. The van der Waals surface area contributed by atoms with Gasteiger partial charge in [0.1, 0.15) is 5.75 Å². The monoisotopic (exact) mass is 305 g/mol. The van der Waals surface area contributed by atoms with Gasteiger partial charge in [0.25, 0.3) is 0 Å². The minimum absolute atomic E-state index is 0.491. The van der Waals surface area contributed by atoms with E-state index >= 15 is 0 Å². The number of hydrogen-bond acceptors (Lipinski definition) is 2. The Morgan fingerprint density at radius 1 is 1.69 bits per heavy atom. The Kier molecular flexibility index (Phi) is 2.99. The molecule has 0 bridgehead atoms. The van der Waals surface area contributed by atoms with Crippen LogP contribution < -0.4 is 4.74 Å². The number of halogens is 2. The van der Waals surface area contributed by atoms with Gasteiger partial charge in [-0.15, -0.1) is 0 Å². The Balaban J connectivity index is 2.27. The number of rotatable bonds is 1. The molecule has 0 spiro atoms. The number of carboxylic acid groups (broad SMARTS) is 1.